The van der Waals surface area contributed by atoms with E-state index in [-0.39, 0.29) is 12.2 Å². The number of carboxylic acid groups (broad SMARTS) is 1. The van der Waals surface area contributed by atoms with Crippen molar-refractivity contribution in [2.24, 2.45) is 0 Å². The Labute approximate surface area is 113 Å². The number of aliphatic carboxylic acids is 1. The van der Waals surface area contributed by atoms with Gasteiger partial charge in [-0.05, 0) is 12.0 Å². The SMILES string of the molecule is CCCC[C@H](NS(=O)(=O)Cc1ccccc1)C(=O)[O-]. The Hall–Kier alpha value is -1.40. The van der Waals surface area contributed by atoms with Crippen LogP contribution in [0.1, 0.15) is 31.7 Å². The summed E-state index contributed by atoms with van der Waals surface area (Å²) in [7, 11) is -3.68. The van der Waals surface area contributed by atoms with Gasteiger partial charge in [0.05, 0.1) is 17.8 Å². The van der Waals surface area contributed by atoms with Crippen molar-refractivity contribution in [1.82, 2.24) is 4.72 Å². The van der Waals surface area contributed by atoms with E-state index in [1.807, 2.05) is 6.92 Å². The summed E-state index contributed by atoms with van der Waals surface area (Å²) in [5.74, 6) is -1.62. The van der Waals surface area contributed by atoms with Gasteiger partial charge in [0.1, 0.15) is 0 Å². The second-order valence-electron chi connectivity index (χ2n) is 4.38. The minimum Gasteiger partial charge on any atom is -0.548 e. The summed E-state index contributed by atoms with van der Waals surface area (Å²) in [5, 5.41) is 10.9. The van der Waals surface area contributed by atoms with E-state index in [9.17, 15) is 18.3 Å². The molecule has 1 aromatic rings. The summed E-state index contributed by atoms with van der Waals surface area (Å²) in [5.41, 5.74) is 0.614. The molecule has 0 fully saturated rings. The molecule has 0 spiro atoms. The Kier molecular flexibility index (Phi) is 5.98. The first-order valence-electron chi connectivity index (χ1n) is 6.19. The van der Waals surface area contributed by atoms with Crippen LogP contribution < -0.4 is 9.83 Å². The molecule has 0 aliphatic rings. The Balaban J connectivity index is 2.69. The number of rotatable bonds is 8. The van der Waals surface area contributed by atoms with Gasteiger partial charge < -0.3 is 9.90 Å². The molecule has 0 bridgehead atoms. The lowest BCUT2D eigenvalue weighted by Crippen LogP contribution is -2.48. The summed E-state index contributed by atoms with van der Waals surface area (Å²) in [4.78, 5) is 10.9. The van der Waals surface area contributed by atoms with E-state index in [2.05, 4.69) is 4.72 Å². The first-order valence-corrected chi connectivity index (χ1v) is 7.84. The van der Waals surface area contributed by atoms with E-state index >= 15 is 0 Å². The summed E-state index contributed by atoms with van der Waals surface area (Å²) in [6.07, 6.45) is 1.67. The molecular weight excluding hydrogens is 266 g/mol. The van der Waals surface area contributed by atoms with Crippen LogP contribution in [0.25, 0.3) is 0 Å². The average Bonchev–Trinajstić information content (AvgIpc) is 2.34. The van der Waals surface area contributed by atoms with Gasteiger partial charge in [-0.25, -0.2) is 13.1 Å². The molecule has 0 aromatic heterocycles. The van der Waals surface area contributed by atoms with E-state index in [1.165, 1.54) is 0 Å². The van der Waals surface area contributed by atoms with Crippen molar-refractivity contribution in [1.29, 1.82) is 0 Å². The van der Waals surface area contributed by atoms with Gasteiger partial charge in [-0.1, -0.05) is 50.1 Å². The third-order valence-electron chi connectivity index (χ3n) is 2.65. The number of hydrogen-bond acceptors (Lipinski definition) is 4. The van der Waals surface area contributed by atoms with Crippen molar-refractivity contribution >= 4 is 16.0 Å². The number of sulfonamides is 1. The number of carbonyl (C=O) groups is 1. The van der Waals surface area contributed by atoms with Crippen LogP contribution in [-0.4, -0.2) is 20.4 Å². The summed E-state index contributed by atoms with van der Waals surface area (Å²) in [6.45, 7) is 1.91. The Bertz CT molecular complexity index is 499. The fourth-order valence-corrected chi connectivity index (χ4v) is 3.05. The molecule has 1 rings (SSSR count). The van der Waals surface area contributed by atoms with Crippen molar-refractivity contribution in [3.05, 3.63) is 35.9 Å². The highest BCUT2D eigenvalue weighted by molar-refractivity contribution is 7.88. The van der Waals surface area contributed by atoms with Crippen LogP contribution in [0.2, 0.25) is 0 Å². The summed E-state index contributed by atoms with van der Waals surface area (Å²) < 4.78 is 25.9. The first kappa shape index (κ1) is 15.7. The van der Waals surface area contributed by atoms with Gasteiger partial charge in [0, 0.05) is 0 Å². The normalized spacial score (nSPS) is 13.1. The van der Waals surface area contributed by atoms with Gasteiger partial charge in [0.2, 0.25) is 10.0 Å². The van der Waals surface area contributed by atoms with Crippen LogP contribution in [0.5, 0.6) is 0 Å². The predicted molar refractivity (Wildman–Crippen MR) is 70.5 cm³/mol. The monoisotopic (exact) mass is 284 g/mol. The van der Waals surface area contributed by atoms with Crippen LogP contribution in [-0.2, 0) is 20.6 Å². The van der Waals surface area contributed by atoms with Gasteiger partial charge >= 0.3 is 0 Å². The largest absolute Gasteiger partial charge is 0.548 e. The molecule has 0 aliphatic heterocycles. The molecule has 0 saturated heterocycles. The molecule has 0 unspecified atom stereocenters. The van der Waals surface area contributed by atoms with E-state index in [4.69, 9.17) is 0 Å². The maximum Gasteiger partial charge on any atom is 0.216 e. The van der Waals surface area contributed by atoms with Crippen molar-refractivity contribution < 1.29 is 18.3 Å². The van der Waals surface area contributed by atoms with Gasteiger partial charge in [0.25, 0.3) is 0 Å². The minimum atomic E-state index is -3.68. The fraction of sp³-hybridized carbons (Fsp3) is 0.462. The zero-order valence-electron chi connectivity index (χ0n) is 10.8. The molecule has 19 heavy (non-hydrogen) atoms. The number of carbonyl (C=O) groups excluding carboxylic acids is 1. The Morgan fingerprint density at radius 1 is 1.32 bits per heavy atom. The van der Waals surface area contributed by atoms with Crippen molar-refractivity contribution in [3.63, 3.8) is 0 Å². The zero-order chi connectivity index (χ0) is 14.3. The number of carboxylic acids is 1. The third kappa shape index (κ3) is 5.85. The Morgan fingerprint density at radius 2 is 1.95 bits per heavy atom. The van der Waals surface area contributed by atoms with Crippen molar-refractivity contribution in [2.75, 3.05) is 0 Å². The molecule has 0 aliphatic carbocycles. The smallest absolute Gasteiger partial charge is 0.216 e. The highest BCUT2D eigenvalue weighted by atomic mass is 32.2. The van der Waals surface area contributed by atoms with E-state index in [0.29, 0.717) is 12.0 Å². The topological polar surface area (TPSA) is 86.3 Å². The number of benzene rings is 1. The molecule has 0 radical (unpaired) electrons. The maximum atomic E-state index is 11.9. The molecule has 0 amide bonds. The quantitative estimate of drug-likeness (QED) is 0.749. The average molecular weight is 284 g/mol. The molecule has 1 N–H and O–H groups in total. The lowest BCUT2D eigenvalue weighted by molar-refractivity contribution is -0.308. The van der Waals surface area contributed by atoms with Crippen LogP contribution in [0, 0.1) is 0 Å². The zero-order valence-corrected chi connectivity index (χ0v) is 11.7. The second-order valence-corrected chi connectivity index (χ2v) is 6.13. The molecule has 5 nitrogen and oxygen atoms in total. The van der Waals surface area contributed by atoms with Gasteiger partial charge in [-0.15, -0.1) is 0 Å². The first-order chi connectivity index (χ1) is 8.94. The van der Waals surface area contributed by atoms with Gasteiger partial charge in [-0.2, -0.15) is 0 Å². The molecule has 106 valence electrons. The molecule has 0 heterocycles. The molecular formula is C13H18NO4S-. The van der Waals surface area contributed by atoms with E-state index in [0.717, 1.165) is 6.42 Å². The molecule has 1 aromatic carbocycles. The predicted octanol–water partition coefficient (Wildman–Crippen LogP) is 0.415. The molecule has 1 atom stereocenters. The highest BCUT2D eigenvalue weighted by Gasteiger charge is 2.18. The van der Waals surface area contributed by atoms with Crippen LogP contribution in [0.15, 0.2) is 30.3 Å². The van der Waals surface area contributed by atoms with Crippen LogP contribution in [0.4, 0.5) is 0 Å². The van der Waals surface area contributed by atoms with Crippen LogP contribution >= 0.6 is 0 Å². The van der Waals surface area contributed by atoms with E-state index < -0.39 is 22.0 Å². The second kappa shape index (κ2) is 7.25. The number of hydrogen-bond donors (Lipinski definition) is 1. The molecule has 6 heteroatoms. The standard InChI is InChI=1S/C13H19NO4S/c1-2-3-9-12(13(15)16)14-19(17,18)10-11-7-5-4-6-8-11/h4-8,12,14H,2-3,9-10H2,1H3,(H,15,16)/p-1/t12-/m0/s1. The highest BCUT2D eigenvalue weighted by Crippen LogP contribution is 2.07. The van der Waals surface area contributed by atoms with Crippen LogP contribution in [0.3, 0.4) is 0 Å². The summed E-state index contributed by atoms with van der Waals surface area (Å²) >= 11 is 0. The van der Waals surface area contributed by atoms with E-state index in [1.54, 1.807) is 30.3 Å². The Morgan fingerprint density at radius 3 is 2.47 bits per heavy atom. The lowest BCUT2D eigenvalue weighted by atomic mass is 10.1. The van der Waals surface area contributed by atoms with Crippen molar-refractivity contribution in [2.45, 2.75) is 38.0 Å². The number of nitrogens with one attached hydrogen (secondary N) is 1. The lowest BCUT2D eigenvalue weighted by Gasteiger charge is -2.19. The molecule has 0 saturated carbocycles. The fourth-order valence-electron chi connectivity index (χ4n) is 1.69. The van der Waals surface area contributed by atoms with Gasteiger partial charge in [0.15, 0.2) is 0 Å². The number of unbranched alkanes of at least 4 members (excludes halogenated alkanes) is 1. The van der Waals surface area contributed by atoms with Crippen molar-refractivity contribution in [3.8, 4) is 0 Å². The third-order valence-corrected chi connectivity index (χ3v) is 4.01. The van der Waals surface area contributed by atoms with Gasteiger partial charge in [-0.3, -0.25) is 0 Å². The summed E-state index contributed by atoms with van der Waals surface area (Å²) in [6, 6.07) is 7.46. The maximum absolute atomic E-state index is 11.9. The minimum absolute atomic E-state index is 0.232.